The van der Waals surface area contributed by atoms with Gasteiger partial charge in [-0.1, -0.05) is 30.7 Å². The molecule has 0 heterocycles. The zero-order chi connectivity index (χ0) is 15.3. The summed E-state index contributed by atoms with van der Waals surface area (Å²) in [6.07, 6.45) is 7.95. The molecule has 1 aliphatic carbocycles. The second kappa shape index (κ2) is 6.32. The van der Waals surface area contributed by atoms with Gasteiger partial charge in [0.1, 0.15) is 11.3 Å². The number of esters is 1. The third kappa shape index (κ3) is 3.35. The van der Waals surface area contributed by atoms with Gasteiger partial charge >= 0.3 is 5.97 Å². The van der Waals surface area contributed by atoms with Crippen LogP contribution in [0.2, 0.25) is 0 Å². The highest BCUT2D eigenvalue weighted by Crippen LogP contribution is 2.29. The molecule has 1 aliphatic rings. The molecule has 3 heteroatoms. The largest absolute Gasteiger partial charge is 0.507 e. The van der Waals surface area contributed by atoms with Crippen LogP contribution in [0.25, 0.3) is 6.08 Å². The first-order valence-corrected chi connectivity index (χ1v) is 6.90. The number of benzene rings is 1. The Hall–Kier alpha value is -2.47. The Labute approximate surface area is 124 Å². The lowest BCUT2D eigenvalue weighted by Crippen LogP contribution is -2.33. The van der Waals surface area contributed by atoms with Crippen molar-refractivity contribution in [1.82, 2.24) is 0 Å². The summed E-state index contributed by atoms with van der Waals surface area (Å²) in [7, 11) is 0. The van der Waals surface area contributed by atoms with Crippen LogP contribution in [-0.2, 0) is 4.74 Å². The van der Waals surface area contributed by atoms with E-state index in [0.29, 0.717) is 6.42 Å². The van der Waals surface area contributed by atoms with Crippen LogP contribution in [0.4, 0.5) is 0 Å². The maximum atomic E-state index is 12.4. The van der Waals surface area contributed by atoms with Gasteiger partial charge in [0.05, 0.1) is 0 Å². The van der Waals surface area contributed by atoms with E-state index in [0.717, 1.165) is 18.4 Å². The van der Waals surface area contributed by atoms with Crippen LogP contribution in [0.15, 0.2) is 36.9 Å². The molecule has 3 nitrogen and oxygen atoms in total. The Bertz CT molecular complexity index is 646. The Balaban J connectivity index is 2.31. The third-order valence-corrected chi connectivity index (χ3v) is 3.39. The summed E-state index contributed by atoms with van der Waals surface area (Å²) in [5.74, 6) is 5.10. The first-order chi connectivity index (χ1) is 10.1. The summed E-state index contributed by atoms with van der Waals surface area (Å²) in [6.45, 7) is 5.37. The number of allylic oxidation sites excluding steroid dienone is 1. The Morgan fingerprint density at radius 3 is 2.95 bits per heavy atom. The lowest BCUT2D eigenvalue weighted by molar-refractivity contribution is 0.0190. The summed E-state index contributed by atoms with van der Waals surface area (Å²) in [4.78, 5) is 12.4. The molecule has 1 aromatic rings. The Morgan fingerprint density at radius 2 is 2.33 bits per heavy atom. The maximum Gasteiger partial charge on any atom is 0.343 e. The molecule has 1 aromatic carbocycles. The predicted molar refractivity (Wildman–Crippen MR) is 82.8 cm³/mol. The molecular formula is C18H18O3. The summed E-state index contributed by atoms with van der Waals surface area (Å²) in [5.41, 5.74) is -0.0148. The van der Waals surface area contributed by atoms with Crippen molar-refractivity contribution in [3.8, 4) is 17.6 Å². The predicted octanol–water partition coefficient (Wildman–Crippen LogP) is 3.69. The molecule has 0 spiro atoms. The molecule has 0 radical (unpaired) electrons. The van der Waals surface area contributed by atoms with Crippen molar-refractivity contribution in [3.05, 3.63) is 48.1 Å². The second-order valence-electron chi connectivity index (χ2n) is 4.93. The van der Waals surface area contributed by atoms with Gasteiger partial charge in [-0.3, -0.25) is 0 Å². The quantitative estimate of drug-likeness (QED) is 0.522. The zero-order valence-electron chi connectivity index (χ0n) is 12.1. The van der Waals surface area contributed by atoms with Gasteiger partial charge in [0.25, 0.3) is 0 Å². The standard InChI is InChI=1S/C18H18O3/c1-3-10-18(11-6-5-7-12-18)21-17(20)15-13-14(4-2)8-9-16(15)19/h4,6,8-9,11,13,19H,2,5,7,12H2,1H3. The molecule has 0 fully saturated rings. The van der Waals surface area contributed by atoms with Gasteiger partial charge in [-0.25, -0.2) is 4.79 Å². The molecular weight excluding hydrogens is 264 g/mol. The average molecular weight is 282 g/mol. The fraction of sp³-hybridized carbons (Fsp3) is 0.278. The van der Waals surface area contributed by atoms with Crippen LogP contribution in [-0.4, -0.2) is 16.7 Å². The molecule has 1 unspecified atom stereocenters. The van der Waals surface area contributed by atoms with E-state index in [-0.39, 0.29) is 11.3 Å². The number of phenols is 1. The summed E-state index contributed by atoms with van der Waals surface area (Å²) in [6, 6.07) is 4.70. The zero-order valence-corrected chi connectivity index (χ0v) is 12.1. The van der Waals surface area contributed by atoms with Crippen LogP contribution in [0.1, 0.15) is 42.1 Å². The highest BCUT2D eigenvalue weighted by Gasteiger charge is 2.32. The van der Waals surface area contributed by atoms with E-state index in [1.165, 1.54) is 6.07 Å². The van der Waals surface area contributed by atoms with Crippen molar-refractivity contribution < 1.29 is 14.6 Å². The molecule has 21 heavy (non-hydrogen) atoms. The highest BCUT2D eigenvalue weighted by molar-refractivity contribution is 5.93. The molecule has 1 N–H and O–H groups in total. The van der Waals surface area contributed by atoms with Gasteiger partial charge < -0.3 is 9.84 Å². The minimum absolute atomic E-state index is 0.106. The van der Waals surface area contributed by atoms with Crippen LogP contribution < -0.4 is 0 Å². The topological polar surface area (TPSA) is 46.5 Å². The van der Waals surface area contributed by atoms with E-state index >= 15 is 0 Å². The average Bonchev–Trinajstić information content (AvgIpc) is 2.48. The molecule has 0 amide bonds. The smallest absolute Gasteiger partial charge is 0.343 e. The van der Waals surface area contributed by atoms with Crippen LogP contribution in [0, 0.1) is 11.8 Å². The molecule has 0 saturated carbocycles. The first kappa shape index (κ1) is 14.9. The van der Waals surface area contributed by atoms with Crippen LogP contribution in [0.5, 0.6) is 5.75 Å². The van der Waals surface area contributed by atoms with E-state index in [9.17, 15) is 9.90 Å². The molecule has 0 aromatic heterocycles. The molecule has 0 bridgehead atoms. The van der Waals surface area contributed by atoms with Crippen LogP contribution >= 0.6 is 0 Å². The van der Waals surface area contributed by atoms with Gasteiger partial charge in [0.15, 0.2) is 5.60 Å². The van der Waals surface area contributed by atoms with Crippen molar-refractivity contribution in [2.75, 3.05) is 0 Å². The van der Waals surface area contributed by atoms with E-state index in [2.05, 4.69) is 18.4 Å². The maximum absolute atomic E-state index is 12.4. The number of carbonyl (C=O) groups is 1. The van der Waals surface area contributed by atoms with Gasteiger partial charge in [0.2, 0.25) is 0 Å². The van der Waals surface area contributed by atoms with Gasteiger partial charge in [0, 0.05) is 6.42 Å². The van der Waals surface area contributed by atoms with E-state index in [1.807, 2.05) is 12.2 Å². The van der Waals surface area contributed by atoms with Crippen molar-refractivity contribution in [2.45, 2.75) is 31.8 Å². The molecule has 108 valence electrons. The first-order valence-electron chi connectivity index (χ1n) is 6.90. The number of hydrogen-bond acceptors (Lipinski definition) is 3. The minimum Gasteiger partial charge on any atom is -0.507 e. The second-order valence-corrected chi connectivity index (χ2v) is 4.93. The van der Waals surface area contributed by atoms with Gasteiger partial charge in [-0.05, 0) is 43.5 Å². The molecule has 2 rings (SSSR count). The number of rotatable bonds is 3. The summed E-state index contributed by atoms with van der Waals surface area (Å²) in [5, 5.41) is 9.86. The number of hydrogen-bond donors (Lipinski definition) is 1. The van der Waals surface area contributed by atoms with Crippen molar-refractivity contribution in [2.24, 2.45) is 0 Å². The Morgan fingerprint density at radius 1 is 1.52 bits per heavy atom. The number of phenolic OH excluding ortho intramolecular Hbond substituents is 1. The van der Waals surface area contributed by atoms with Gasteiger partial charge in [-0.15, -0.1) is 5.92 Å². The number of aromatic hydroxyl groups is 1. The number of carbonyl (C=O) groups excluding carboxylic acids is 1. The lowest BCUT2D eigenvalue weighted by Gasteiger charge is -2.28. The molecule has 0 saturated heterocycles. The van der Waals surface area contributed by atoms with Gasteiger partial charge in [-0.2, -0.15) is 0 Å². The van der Waals surface area contributed by atoms with E-state index in [4.69, 9.17) is 4.74 Å². The third-order valence-electron chi connectivity index (χ3n) is 3.39. The highest BCUT2D eigenvalue weighted by atomic mass is 16.6. The van der Waals surface area contributed by atoms with E-state index in [1.54, 1.807) is 25.1 Å². The number of ether oxygens (including phenoxy) is 1. The van der Waals surface area contributed by atoms with Crippen molar-refractivity contribution in [1.29, 1.82) is 0 Å². The minimum atomic E-state index is -0.888. The normalized spacial score (nSPS) is 20.2. The fourth-order valence-corrected chi connectivity index (χ4v) is 2.33. The SMILES string of the molecule is C=Cc1ccc(O)c(C(=O)OC2(C#CC)C=CCCC2)c1. The van der Waals surface area contributed by atoms with E-state index < -0.39 is 11.6 Å². The van der Waals surface area contributed by atoms with Crippen LogP contribution in [0.3, 0.4) is 0 Å². The fourth-order valence-electron chi connectivity index (χ4n) is 2.33. The van der Waals surface area contributed by atoms with Crippen molar-refractivity contribution >= 4 is 12.0 Å². The Kier molecular flexibility index (Phi) is 4.49. The summed E-state index contributed by atoms with van der Waals surface area (Å²) >= 11 is 0. The molecule has 0 aliphatic heterocycles. The van der Waals surface area contributed by atoms with Crippen molar-refractivity contribution in [3.63, 3.8) is 0 Å². The molecule has 1 atom stereocenters. The summed E-state index contributed by atoms with van der Waals surface area (Å²) < 4.78 is 5.59. The lowest BCUT2D eigenvalue weighted by atomic mass is 9.91. The monoisotopic (exact) mass is 282 g/mol.